The quantitative estimate of drug-likeness (QED) is 0.655. The van der Waals surface area contributed by atoms with E-state index in [0.717, 1.165) is 11.3 Å². The first-order valence-corrected chi connectivity index (χ1v) is 8.92. The first-order valence-electron chi connectivity index (χ1n) is 7.93. The van der Waals surface area contributed by atoms with Crippen molar-refractivity contribution in [2.24, 2.45) is 0 Å². The minimum Gasteiger partial charge on any atom is -0.469 e. The summed E-state index contributed by atoms with van der Waals surface area (Å²) in [5.74, 6) is 1.58. The van der Waals surface area contributed by atoms with E-state index in [2.05, 4.69) is 29.4 Å². The first kappa shape index (κ1) is 17.3. The van der Waals surface area contributed by atoms with E-state index < -0.39 is 0 Å². The van der Waals surface area contributed by atoms with E-state index in [1.54, 1.807) is 12.3 Å². The van der Waals surface area contributed by atoms with E-state index in [-0.39, 0.29) is 11.7 Å². The number of rotatable bonds is 6. The third-order valence-electron chi connectivity index (χ3n) is 3.66. The molecule has 0 fully saturated rings. The zero-order valence-corrected chi connectivity index (χ0v) is 15.1. The molecule has 0 spiro atoms. The van der Waals surface area contributed by atoms with Crippen molar-refractivity contribution >= 4 is 23.4 Å². The highest BCUT2D eigenvalue weighted by molar-refractivity contribution is 7.99. The maximum Gasteiger partial charge on any atom is 0.277 e. The minimum atomic E-state index is -0.120. The largest absolute Gasteiger partial charge is 0.469 e. The zero-order valence-electron chi connectivity index (χ0n) is 14.3. The molecule has 0 aliphatic carbocycles. The molecule has 0 saturated carbocycles. The van der Waals surface area contributed by atoms with E-state index in [9.17, 15) is 4.79 Å². The average molecular weight is 357 g/mol. The number of anilines is 1. The number of hydrogen-bond acceptors (Lipinski definition) is 6. The number of amides is 1. The van der Waals surface area contributed by atoms with Crippen molar-refractivity contribution in [1.82, 2.24) is 10.2 Å². The van der Waals surface area contributed by atoms with Crippen molar-refractivity contribution in [2.75, 3.05) is 11.1 Å². The molecule has 0 atom stereocenters. The van der Waals surface area contributed by atoms with Gasteiger partial charge in [-0.3, -0.25) is 4.79 Å². The van der Waals surface area contributed by atoms with Gasteiger partial charge in [0, 0.05) is 5.69 Å². The lowest BCUT2D eigenvalue weighted by Gasteiger charge is -2.09. The van der Waals surface area contributed by atoms with Crippen LogP contribution in [0.4, 0.5) is 5.69 Å². The topological polar surface area (TPSA) is 81.2 Å². The molecule has 2 heterocycles. The standard InChI is InChI=1S/C18H19N3O3S/c1-11(2)13-5-4-6-14(9-13)19-16(22)10-25-18-21-20-17(24-18)15-7-8-23-12(15)3/h4-9,11H,10H2,1-3H3,(H,19,22). The third-order valence-corrected chi connectivity index (χ3v) is 4.48. The van der Waals surface area contributed by atoms with E-state index in [1.807, 2.05) is 31.2 Å². The number of nitrogens with one attached hydrogen (secondary N) is 1. The van der Waals surface area contributed by atoms with Gasteiger partial charge in [-0.05, 0) is 36.6 Å². The molecule has 1 N–H and O–H groups in total. The van der Waals surface area contributed by atoms with Gasteiger partial charge in [0.05, 0.1) is 17.6 Å². The summed E-state index contributed by atoms with van der Waals surface area (Å²) >= 11 is 1.20. The van der Waals surface area contributed by atoms with E-state index in [4.69, 9.17) is 8.83 Å². The molecule has 0 aliphatic heterocycles. The Morgan fingerprint density at radius 3 is 2.84 bits per heavy atom. The number of furan rings is 1. The number of benzene rings is 1. The molecule has 0 radical (unpaired) electrons. The lowest BCUT2D eigenvalue weighted by Crippen LogP contribution is -2.14. The highest BCUT2D eigenvalue weighted by atomic mass is 32.2. The first-order chi connectivity index (χ1) is 12.0. The Morgan fingerprint density at radius 2 is 2.12 bits per heavy atom. The number of hydrogen-bond donors (Lipinski definition) is 1. The summed E-state index contributed by atoms with van der Waals surface area (Å²) < 4.78 is 10.8. The van der Waals surface area contributed by atoms with Crippen LogP contribution in [0, 0.1) is 6.92 Å². The Morgan fingerprint density at radius 1 is 1.28 bits per heavy atom. The fourth-order valence-electron chi connectivity index (χ4n) is 2.28. The Balaban J connectivity index is 1.57. The molecule has 0 bridgehead atoms. The maximum absolute atomic E-state index is 12.1. The molecule has 2 aromatic heterocycles. The van der Waals surface area contributed by atoms with Crippen LogP contribution < -0.4 is 5.32 Å². The molecular formula is C18H19N3O3S. The molecule has 130 valence electrons. The van der Waals surface area contributed by atoms with E-state index in [0.29, 0.717) is 22.8 Å². The predicted octanol–water partition coefficient (Wildman–Crippen LogP) is 4.49. The van der Waals surface area contributed by atoms with Crippen molar-refractivity contribution in [3.63, 3.8) is 0 Å². The van der Waals surface area contributed by atoms with E-state index in [1.165, 1.54) is 17.3 Å². The molecule has 0 unspecified atom stereocenters. The molecule has 0 aliphatic rings. The molecule has 25 heavy (non-hydrogen) atoms. The molecule has 1 aromatic carbocycles. The Labute approximate surface area is 150 Å². The second kappa shape index (κ2) is 7.57. The molecule has 7 heteroatoms. The second-order valence-electron chi connectivity index (χ2n) is 5.88. The van der Waals surface area contributed by atoms with Gasteiger partial charge in [0.25, 0.3) is 11.1 Å². The van der Waals surface area contributed by atoms with Gasteiger partial charge in [0.2, 0.25) is 5.91 Å². The fraction of sp³-hybridized carbons (Fsp3) is 0.278. The number of thioether (sulfide) groups is 1. The Kier molecular flexibility index (Phi) is 5.23. The summed E-state index contributed by atoms with van der Waals surface area (Å²) in [5, 5.41) is 11.2. The normalized spacial score (nSPS) is 11.0. The van der Waals surface area contributed by atoms with Crippen molar-refractivity contribution in [3.8, 4) is 11.5 Å². The fourth-order valence-corrected chi connectivity index (χ4v) is 2.85. The summed E-state index contributed by atoms with van der Waals surface area (Å²) in [4.78, 5) is 12.1. The molecular weight excluding hydrogens is 338 g/mol. The SMILES string of the molecule is Cc1occc1-c1nnc(SCC(=O)Nc2cccc(C(C)C)c2)o1. The highest BCUT2D eigenvalue weighted by Crippen LogP contribution is 2.26. The molecule has 3 aromatic rings. The Bertz CT molecular complexity index is 870. The Hall–Kier alpha value is -2.54. The van der Waals surface area contributed by atoms with Crippen molar-refractivity contribution in [2.45, 2.75) is 31.9 Å². The summed E-state index contributed by atoms with van der Waals surface area (Å²) in [5.41, 5.74) is 2.73. The van der Waals surface area contributed by atoms with Gasteiger partial charge in [-0.2, -0.15) is 0 Å². The minimum absolute atomic E-state index is 0.120. The van der Waals surface area contributed by atoms with Crippen molar-refractivity contribution in [3.05, 3.63) is 47.9 Å². The van der Waals surface area contributed by atoms with Gasteiger partial charge < -0.3 is 14.2 Å². The van der Waals surface area contributed by atoms with Gasteiger partial charge in [-0.1, -0.05) is 37.7 Å². The maximum atomic E-state index is 12.1. The van der Waals surface area contributed by atoms with Crippen molar-refractivity contribution in [1.29, 1.82) is 0 Å². The summed E-state index contributed by atoms with van der Waals surface area (Å²) in [6, 6.07) is 9.62. The number of aromatic nitrogens is 2. The van der Waals surface area contributed by atoms with Gasteiger partial charge in [0.15, 0.2) is 0 Å². The van der Waals surface area contributed by atoms with E-state index >= 15 is 0 Å². The number of nitrogens with zero attached hydrogens (tertiary/aromatic N) is 2. The van der Waals surface area contributed by atoms with Crippen LogP contribution in [0.3, 0.4) is 0 Å². The van der Waals surface area contributed by atoms with Gasteiger partial charge in [-0.15, -0.1) is 10.2 Å². The lowest BCUT2D eigenvalue weighted by molar-refractivity contribution is -0.113. The van der Waals surface area contributed by atoms with Crippen LogP contribution in [-0.2, 0) is 4.79 Å². The molecule has 0 saturated heterocycles. The smallest absolute Gasteiger partial charge is 0.277 e. The van der Waals surface area contributed by atoms with Crippen LogP contribution in [0.2, 0.25) is 0 Å². The van der Waals surface area contributed by atoms with Crippen LogP contribution in [0.15, 0.2) is 50.7 Å². The summed E-state index contributed by atoms with van der Waals surface area (Å²) in [6.45, 7) is 6.06. The molecule has 1 amide bonds. The average Bonchev–Trinajstić information content (AvgIpc) is 3.21. The molecule has 3 rings (SSSR count). The predicted molar refractivity (Wildman–Crippen MR) is 96.6 cm³/mol. The van der Waals surface area contributed by atoms with Gasteiger partial charge in [-0.25, -0.2) is 0 Å². The summed E-state index contributed by atoms with van der Waals surface area (Å²) in [6.07, 6.45) is 1.57. The van der Waals surface area contributed by atoms with Crippen LogP contribution in [0.1, 0.15) is 31.1 Å². The summed E-state index contributed by atoms with van der Waals surface area (Å²) in [7, 11) is 0. The zero-order chi connectivity index (χ0) is 17.8. The second-order valence-corrected chi connectivity index (χ2v) is 6.81. The third kappa shape index (κ3) is 4.30. The van der Waals surface area contributed by atoms with Crippen LogP contribution in [-0.4, -0.2) is 21.9 Å². The van der Waals surface area contributed by atoms with Gasteiger partial charge in [0.1, 0.15) is 5.76 Å². The number of carbonyl (C=O) groups is 1. The number of carbonyl (C=O) groups excluding carboxylic acids is 1. The monoisotopic (exact) mass is 357 g/mol. The highest BCUT2D eigenvalue weighted by Gasteiger charge is 2.14. The lowest BCUT2D eigenvalue weighted by atomic mass is 10.0. The molecule has 6 nitrogen and oxygen atoms in total. The van der Waals surface area contributed by atoms with Crippen LogP contribution >= 0.6 is 11.8 Å². The van der Waals surface area contributed by atoms with Gasteiger partial charge >= 0.3 is 0 Å². The van der Waals surface area contributed by atoms with Crippen LogP contribution in [0.25, 0.3) is 11.5 Å². The van der Waals surface area contributed by atoms with Crippen molar-refractivity contribution < 1.29 is 13.6 Å². The van der Waals surface area contributed by atoms with Crippen LogP contribution in [0.5, 0.6) is 0 Å². The number of aryl methyl sites for hydroxylation is 1.